The van der Waals surface area contributed by atoms with Gasteiger partial charge in [-0.3, -0.25) is 4.79 Å². The van der Waals surface area contributed by atoms with Gasteiger partial charge in [0.05, 0.1) is 5.69 Å². The van der Waals surface area contributed by atoms with Crippen LogP contribution in [0.3, 0.4) is 0 Å². The molecule has 0 amide bonds. The number of unbranched alkanes of at least 4 members (excludes halogenated alkanes) is 1. The average Bonchev–Trinajstić information content (AvgIpc) is 2.76. The minimum Gasteiger partial charge on any atom is -0.343 e. The van der Waals surface area contributed by atoms with Gasteiger partial charge in [0.1, 0.15) is 0 Å². The SMILES string of the molecule is CCC/C=C(\CCC)c1c(C=O)c2ccccc2n1C. The van der Waals surface area contributed by atoms with Crippen LogP contribution in [-0.4, -0.2) is 10.9 Å². The van der Waals surface area contributed by atoms with Gasteiger partial charge >= 0.3 is 0 Å². The molecule has 1 aromatic heterocycles. The number of aromatic nitrogens is 1. The van der Waals surface area contributed by atoms with E-state index in [1.807, 2.05) is 18.2 Å². The molecule has 0 bridgehead atoms. The zero-order valence-corrected chi connectivity index (χ0v) is 12.6. The number of aldehydes is 1. The van der Waals surface area contributed by atoms with Gasteiger partial charge < -0.3 is 4.57 Å². The van der Waals surface area contributed by atoms with Crippen molar-refractivity contribution in [1.29, 1.82) is 0 Å². The summed E-state index contributed by atoms with van der Waals surface area (Å²) in [6.45, 7) is 4.37. The van der Waals surface area contributed by atoms with Crippen LogP contribution in [-0.2, 0) is 7.05 Å². The van der Waals surface area contributed by atoms with Crippen LogP contribution in [0.4, 0.5) is 0 Å². The fraction of sp³-hybridized carbons (Fsp3) is 0.389. The highest BCUT2D eigenvalue weighted by Gasteiger charge is 2.16. The second kappa shape index (κ2) is 6.56. The average molecular weight is 269 g/mol. The molecular formula is C18H23NO. The molecule has 0 radical (unpaired) electrons. The van der Waals surface area contributed by atoms with Crippen molar-refractivity contribution in [3.63, 3.8) is 0 Å². The molecule has 1 aromatic carbocycles. The van der Waals surface area contributed by atoms with Gasteiger partial charge in [-0.05, 0) is 24.5 Å². The van der Waals surface area contributed by atoms with Crippen LogP contribution in [0.15, 0.2) is 30.3 Å². The molecule has 106 valence electrons. The van der Waals surface area contributed by atoms with Gasteiger partial charge in [-0.2, -0.15) is 0 Å². The van der Waals surface area contributed by atoms with E-state index in [1.165, 1.54) is 5.57 Å². The summed E-state index contributed by atoms with van der Waals surface area (Å²) in [6.07, 6.45) is 7.61. The van der Waals surface area contributed by atoms with Crippen LogP contribution in [0.5, 0.6) is 0 Å². The van der Waals surface area contributed by atoms with E-state index in [0.29, 0.717) is 0 Å². The summed E-state index contributed by atoms with van der Waals surface area (Å²) in [5.41, 5.74) is 4.36. The van der Waals surface area contributed by atoms with E-state index in [2.05, 4.69) is 37.6 Å². The van der Waals surface area contributed by atoms with Crippen molar-refractivity contribution in [2.75, 3.05) is 0 Å². The maximum atomic E-state index is 11.6. The third kappa shape index (κ3) is 2.55. The molecule has 20 heavy (non-hydrogen) atoms. The highest BCUT2D eigenvalue weighted by atomic mass is 16.1. The summed E-state index contributed by atoms with van der Waals surface area (Å²) >= 11 is 0. The van der Waals surface area contributed by atoms with Gasteiger partial charge in [-0.25, -0.2) is 0 Å². The first kappa shape index (κ1) is 14.6. The van der Waals surface area contributed by atoms with Gasteiger partial charge in [0.15, 0.2) is 6.29 Å². The molecule has 2 rings (SSSR count). The first-order chi connectivity index (χ1) is 9.74. The third-order valence-corrected chi connectivity index (χ3v) is 3.77. The summed E-state index contributed by atoms with van der Waals surface area (Å²) in [6, 6.07) is 8.13. The molecule has 0 saturated carbocycles. The highest BCUT2D eigenvalue weighted by Crippen LogP contribution is 2.31. The maximum Gasteiger partial charge on any atom is 0.152 e. The van der Waals surface area contributed by atoms with E-state index in [9.17, 15) is 4.79 Å². The van der Waals surface area contributed by atoms with Gasteiger partial charge in [0.25, 0.3) is 0 Å². The summed E-state index contributed by atoms with van der Waals surface area (Å²) in [5, 5.41) is 1.05. The summed E-state index contributed by atoms with van der Waals surface area (Å²) in [4.78, 5) is 11.6. The van der Waals surface area contributed by atoms with Crippen LogP contribution >= 0.6 is 0 Å². The number of nitrogens with zero attached hydrogens (tertiary/aromatic N) is 1. The fourth-order valence-corrected chi connectivity index (χ4v) is 2.84. The van der Waals surface area contributed by atoms with E-state index < -0.39 is 0 Å². The predicted octanol–water partition coefficient (Wildman–Crippen LogP) is 4.97. The Bertz CT molecular complexity index is 634. The molecule has 0 fully saturated rings. The maximum absolute atomic E-state index is 11.6. The lowest BCUT2D eigenvalue weighted by Gasteiger charge is -2.10. The van der Waals surface area contributed by atoms with Crippen LogP contribution < -0.4 is 0 Å². The second-order valence-electron chi connectivity index (χ2n) is 5.22. The molecule has 2 aromatic rings. The Labute approximate surface area is 121 Å². The Balaban J connectivity index is 2.67. The molecule has 0 spiro atoms. The molecule has 0 N–H and O–H groups in total. The van der Waals surface area contributed by atoms with E-state index in [1.54, 1.807) is 0 Å². The third-order valence-electron chi connectivity index (χ3n) is 3.77. The lowest BCUT2D eigenvalue weighted by atomic mass is 10.0. The van der Waals surface area contributed by atoms with Crippen molar-refractivity contribution < 1.29 is 4.79 Å². The topological polar surface area (TPSA) is 22.0 Å². The zero-order valence-electron chi connectivity index (χ0n) is 12.6. The van der Waals surface area contributed by atoms with Crippen molar-refractivity contribution in [2.24, 2.45) is 7.05 Å². The predicted molar refractivity (Wildman–Crippen MR) is 86.1 cm³/mol. The largest absolute Gasteiger partial charge is 0.343 e. The Morgan fingerprint density at radius 2 is 1.95 bits per heavy atom. The highest BCUT2D eigenvalue weighted by molar-refractivity contribution is 6.03. The van der Waals surface area contributed by atoms with E-state index >= 15 is 0 Å². The lowest BCUT2D eigenvalue weighted by Crippen LogP contribution is -1.99. The normalized spacial score (nSPS) is 12.1. The smallest absolute Gasteiger partial charge is 0.152 e. The monoisotopic (exact) mass is 269 g/mol. The Kier molecular flexibility index (Phi) is 4.78. The van der Waals surface area contributed by atoms with Gasteiger partial charge in [0.2, 0.25) is 0 Å². The zero-order chi connectivity index (χ0) is 14.5. The Morgan fingerprint density at radius 3 is 2.60 bits per heavy atom. The van der Waals surface area contributed by atoms with Gasteiger partial charge in [-0.1, -0.05) is 51.0 Å². The van der Waals surface area contributed by atoms with Crippen molar-refractivity contribution >= 4 is 22.8 Å². The van der Waals surface area contributed by atoms with E-state index in [4.69, 9.17) is 0 Å². The number of carbonyl (C=O) groups is 1. The molecule has 1 heterocycles. The molecule has 2 heteroatoms. The van der Waals surface area contributed by atoms with Crippen molar-refractivity contribution in [2.45, 2.75) is 39.5 Å². The van der Waals surface area contributed by atoms with Crippen LogP contribution in [0.1, 0.15) is 55.6 Å². The molecule has 0 atom stereocenters. The first-order valence-corrected chi connectivity index (χ1v) is 7.46. The number of hydrogen-bond acceptors (Lipinski definition) is 1. The number of para-hydroxylation sites is 1. The molecule has 0 aliphatic heterocycles. The summed E-state index contributed by atoms with van der Waals surface area (Å²) in [7, 11) is 2.06. The Morgan fingerprint density at radius 1 is 1.20 bits per heavy atom. The van der Waals surface area contributed by atoms with Crippen molar-refractivity contribution in [3.05, 3.63) is 41.6 Å². The van der Waals surface area contributed by atoms with Crippen molar-refractivity contribution in [3.8, 4) is 0 Å². The number of carbonyl (C=O) groups excluding carboxylic acids is 1. The molecular weight excluding hydrogens is 246 g/mol. The number of aryl methyl sites for hydroxylation is 1. The second-order valence-corrected chi connectivity index (χ2v) is 5.22. The molecule has 0 aliphatic carbocycles. The lowest BCUT2D eigenvalue weighted by molar-refractivity contribution is 0.112. The summed E-state index contributed by atoms with van der Waals surface area (Å²) < 4.78 is 2.16. The van der Waals surface area contributed by atoms with Crippen molar-refractivity contribution in [1.82, 2.24) is 4.57 Å². The molecule has 0 unspecified atom stereocenters. The quantitative estimate of drug-likeness (QED) is 0.678. The first-order valence-electron chi connectivity index (χ1n) is 7.46. The van der Waals surface area contributed by atoms with Crippen LogP contribution in [0.25, 0.3) is 16.5 Å². The summed E-state index contributed by atoms with van der Waals surface area (Å²) in [5.74, 6) is 0. The number of rotatable bonds is 6. The molecule has 0 aliphatic rings. The number of hydrogen-bond donors (Lipinski definition) is 0. The standard InChI is InChI=1S/C18H23NO/c1-4-6-10-14(9-5-2)18-16(13-20)15-11-7-8-12-17(15)19(18)3/h7-8,10-13H,4-6,9H2,1-3H3/b14-10+. The number of fused-ring (bicyclic) bond motifs is 1. The number of benzene rings is 1. The number of allylic oxidation sites excluding steroid dienone is 2. The fourth-order valence-electron chi connectivity index (χ4n) is 2.84. The molecule has 0 saturated heterocycles. The van der Waals surface area contributed by atoms with Crippen LogP contribution in [0, 0.1) is 0 Å². The Hall–Kier alpha value is -1.83. The minimum atomic E-state index is 0.832. The van der Waals surface area contributed by atoms with Crippen LogP contribution in [0.2, 0.25) is 0 Å². The van der Waals surface area contributed by atoms with Gasteiger partial charge in [-0.15, -0.1) is 0 Å². The molecule has 2 nitrogen and oxygen atoms in total. The van der Waals surface area contributed by atoms with E-state index in [0.717, 1.165) is 54.1 Å². The minimum absolute atomic E-state index is 0.832. The van der Waals surface area contributed by atoms with Gasteiger partial charge in [0, 0.05) is 23.5 Å². The van der Waals surface area contributed by atoms with E-state index in [-0.39, 0.29) is 0 Å².